The number of aryl methyl sites for hydroxylation is 1. The number of aromatic nitrogens is 1. The fourth-order valence-corrected chi connectivity index (χ4v) is 3.39. The highest BCUT2D eigenvalue weighted by Crippen LogP contribution is 2.26. The molecule has 2 aromatic rings. The van der Waals surface area contributed by atoms with E-state index in [4.69, 9.17) is 4.74 Å². The first-order valence-electron chi connectivity index (χ1n) is 8.51. The second-order valence-electron chi connectivity index (χ2n) is 6.15. The number of methoxy groups -OCH3 is 1. The van der Waals surface area contributed by atoms with Crippen LogP contribution in [0.25, 0.3) is 10.9 Å². The summed E-state index contributed by atoms with van der Waals surface area (Å²) in [5.74, 6) is 0.863. The maximum absolute atomic E-state index is 9.30. The highest BCUT2D eigenvalue weighted by atomic mass is 16.5. The van der Waals surface area contributed by atoms with Crippen molar-refractivity contribution in [2.24, 2.45) is 0 Å². The summed E-state index contributed by atoms with van der Waals surface area (Å²) in [4.78, 5) is 2.53. The van der Waals surface area contributed by atoms with E-state index in [1.807, 2.05) is 6.07 Å². The summed E-state index contributed by atoms with van der Waals surface area (Å²) >= 11 is 0. The number of benzene rings is 1. The van der Waals surface area contributed by atoms with Crippen molar-refractivity contribution in [3.8, 4) is 5.75 Å². The Morgan fingerprint density at radius 3 is 2.78 bits per heavy atom. The van der Waals surface area contributed by atoms with E-state index in [1.165, 1.54) is 17.4 Å². The number of piperazine rings is 1. The van der Waals surface area contributed by atoms with Crippen molar-refractivity contribution in [1.82, 2.24) is 14.8 Å². The largest absolute Gasteiger partial charge is 0.497 e. The molecule has 0 spiro atoms. The molecule has 0 amide bonds. The van der Waals surface area contributed by atoms with E-state index < -0.39 is 0 Å². The van der Waals surface area contributed by atoms with Gasteiger partial charge >= 0.3 is 0 Å². The fraction of sp³-hybridized carbons (Fsp3) is 0.556. The predicted octanol–water partition coefficient (Wildman–Crippen LogP) is 1.48. The van der Waals surface area contributed by atoms with Crippen LogP contribution in [0.15, 0.2) is 24.4 Å². The molecule has 126 valence electrons. The van der Waals surface area contributed by atoms with Crippen LogP contribution >= 0.6 is 0 Å². The average molecular weight is 317 g/mol. The third kappa shape index (κ3) is 3.86. The Labute approximate surface area is 137 Å². The monoisotopic (exact) mass is 317 g/mol. The molecule has 1 aliphatic rings. The SMILES string of the molecule is COc1ccc2c(CCCN3CCNCC3)cn(CCO)c2c1. The minimum Gasteiger partial charge on any atom is -0.497 e. The molecule has 2 N–H and O–H groups in total. The number of ether oxygens (including phenoxy) is 1. The van der Waals surface area contributed by atoms with Crippen LogP contribution in [-0.4, -0.2) is 61.0 Å². The van der Waals surface area contributed by atoms with Gasteiger partial charge in [-0.3, -0.25) is 0 Å². The van der Waals surface area contributed by atoms with Gasteiger partial charge in [0.05, 0.1) is 19.2 Å². The van der Waals surface area contributed by atoms with Crippen LogP contribution in [0, 0.1) is 0 Å². The number of hydrogen-bond donors (Lipinski definition) is 2. The van der Waals surface area contributed by atoms with Gasteiger partial charge in [0.15, 0.2) is 0 Å². The number of rotatable bonds is 7. The molecule has 5 nitrogen and oxygen atoms in total. The van der Waals surface area contributed by atoms with Crippen molar-refractivity contribution in [2.45, 2.75) is 19.4 Å². The van der Waals surface area contributed by atoms with Crippen LogP contribution in [0.3, 0.4) is 0 Å². The predicted molar refractivity (Wildman–Crippen MR) is 93.2 cm³/mol. The molecule has 0 unspecified atom stereocenters. The van der Waals surface area contributed by atoms with Crippen LogP contribution in [0.5, 0.6) is 5.75 Å². The molecule has 0 saturated carbocycles. The number of nitrogens with one attached hydrogen (secondary N) is 1. The summed E-state index contributed by atoms with van der Waals surface area (Å²) in [6, 6.07) is 6.22. The van der Waals surface area contributed by atoms with Gasteiger partial charge in [-0.25, -0.2) is 0 Å². The summed E-state index contributed by atoms with van der Waals surface area (Å²) in [6.45, 7) is 6.46. The lowest BCUT2D eigenvalue weighted by Crippen LogP contribution is -2.43. The Morgan fingerprint density at radius 2 is 2.04 bits per heavy atom. The standard InChI is InChI=1S/C18H27N3O2/c1-23-16-4-5-17-15(14-21(11-12-22)18(17)13-16)3-2-8-20-9-6-19-7-10-20/h4-5,13-14,19,22H,2-3,6-12H2,1H3. The maximum Gasteiger partial charge on any atom is 0.120 e. The number of hydrogen-bond acceptors (Lipinski definition) is 4. The van der Waals surface area contributed by atoms with Crippen LogP contribution in [0.4, 0.5) is 0 Å². The molecule has 1 saturated heterocycles. The molecule has 0 bridgehead atoms. The van der Waals surface area contributed by atoms with Gasteiger partial charge in [0, 0.05) is 50.4 Å². The number of aliphatic hydroxyl groups excluding tert-OH is 1. The van der Waals surface area contributed by atoms with Gasteiger partial charge in [-0.05, 0) is 37.1 Å². The van der Waals surface area contributed by atoms with Crippen LogP contribution in [0.1, 0.15) is 12.0 Å². The van der Waals surface area contributed by atoms with Gasteiger partial charge < -0.3 is 24.6 Å². The average Bonchev–Trinajstić information content (AvgIpc) is 2.93. The smallest absolute Gasteiger partial charge is 0.120 e. The van der Waals surface area contributed by atoms with Crippen molar-refractivity contribution in [3.63, 3.8) is 0 Å². The maximum atomic E-state index is 9.30. The van der Waals surface area contributed by atoms with Gasteiger partial charge in [-0.2, -0.15) is 0 Å². The van der Waals surface area contributed by atoms with Crippen LogP contribution in [-0.2, 0) is 13.0 Å². The van der Waals surface area contributed by atoms with Gasteiger partial charge in [-0.1, -0.05) is 0 Å². The molecule has 0 aliphatic carbocycles. The van der Waals surface area contributed by atoms with Crippen molar-refractivity contribution in [2.75, 3.05) is 46.4 Å². The number of fused-ring (bicyclic) bond motifs is 1. The molecule has 3 rings (SSSR count). The van der Waals surface area contributed by atoms with Gasteiger partial charge in [-0.15, -0.1) is 0 Å². The van der Waals surface area contributed by atoms with E-state index in [9.17, 15) is 5.11 Å². The van der Waals surface area contributed by atoms with Gasteiger partial charge in [0.1, 0.15) is 5.75 Å². The van der Waals surface area contributed by atoms with Gasteiger partial charge in [0.2, 0.25) is 0 Å². The van der Waals surface area contributed by atoms with Crippen LogP contribution in [0.2, 0.25) is 0 Å². The molecule has 1 aromatic carbocycles. The summed E-state index contributed by atoms with van der Waals surface area (Å²) in [6.07, 6.45) is 4.44. The molecule has 2 heterocycles. The van der Waals surface area contributed by atoms with Crippen LogP contribution < -0.4 is 10.1 Å². The minimum atomic E-state index is 0.154. The third-order valence-electron chi connectivity index (χ3n) is 4.64. The molecule has 0 radical (unpaired) electrons. The summed E-state index contributed by atoms with van der Waals surface area (Å²) in [7, 11) is 1.69. The van der Waals surface area contributed by atoms with E-state index >= 15 is 0 Å². The van der Waals surface area contributed by atoms with E-state index in [1.54, 1.807) is 7.11 Å². The van der Waals surface area contributed by atoms with E-state index in [0.717, 1.165) is 50.4 Å². The Hall–Kier alpha value is -1.56. The summed E-state index contributed by atoms with van der Waals surface area (Å²) < 4.78 is 7.47. The zero-order valence-corrected chi connectivity index (χ0v) is 13.9. The van der Waals surface area contributed by atoms with E-state index in [0.29, 0.717) is 6.54 Å². The molecular formula is C18H27N3O2. The molecule has 1 aromatic heterocycles. The third-order valence-corrected chi connectivity index (χ3v) is 4.64. The van der Waals surface area contributed by atoms with Crippen molar-refractivity contribution in [3.05, 3.63) is 30.0 Å². The summed E-state index contributed by atoms with van der Waals surface area (Å²) in [5, 5.41) is 14.0. The van der Waals surface area contributed by atoms with E-state index in [-0.39, 0.29) is 6.61 Å². The first-order valence-corrected chi connectivity index (χ1v) is 8.51. The zero-order chi connectivity index (χ0) is 16.1. The van der Waals surface area contributed by atoms with Crippen molar-refractivity contribution >= 4 is 10.9 Å². The minimum absolute atomic E-state index is 0.154. The van der Waals surface area contributed by atoms with Crippen molar-refractivity contribution < 1.29 is 9.84 Å². The highest BCUT2D eigenvalue weighted by molar-refractivity contribution is 5.85. The first kappa shape index (κ1) is 16.3. The lowest BCUT2D eigenvalue weighted by molar-refractivity contribution is 0.238. The van der Waals surface area contributed by atoms with E-state index in [2.05, 4.69) is 33.1 Å². The molecule has 1 fully saturated rings. The van der Waals surface area contributed by atoms with Crippen molar-refractivity contribution in [1.29, 1.82) is 0 Å². The second kappa shape index (κ2) is 7.81. The topological polar surface area (TPSA) is 49.7 Å². The normalized spacial score (nSPS) is 16.1. The fourth-order valence-electron chi connectivity index (χ4n) is 3.39. The summed E-state index contributed by atoms with van der Waals surface area (Å²) in [5.41, 5.74) is 2.52. The Morgan fingerprint density at radius 1 is 1.22 bits per heavy atom. The molecular weight excluding hydrogens is 290 g/mol. The first-order chi connectivity index (χ1) is 11.3. The lowest BCUT2D eigenvalue weighted by Gasteiger charge is -2.26. The molecule has 23 heavy (non-hydrogen) atoms. The number of aliphatic hydroxyl groups is 1. The number of nitrogens with zero attached hydrogens (tertiary/aromatic N) is 2. The molecule has 0 atom stereocenters. The molecule has 1 aliphatic heterocycles. The lowest BCUT2D eigenvalue weighted by atomic mass is 10.1. The Bertz CT molecular complexity index is 632. The van der Waals surface area contributed by atoms with Gasteiger partial charge in [0.25, 0.3) is 0 Å². The Balaban J connectivity index is 1.71. The quantitative estimate of drug-likeness (QED) is 0.812. The second-order valence-corrected chi connectivity index (χ2v) is 6.15. The zero-order valence-electron chi connectivity index (χ0n) is 13.9. The Kier molecular flexibility index (Phi) is 5.54. The highest BCUT2D eigenvalue weighted by Gasteiger charge is 2.12. The molecule has 5 heteroatoms.